The second-order valence-corrected chi connectivity index (χ2v) is 7.44. The molecule has 3 rings (SSSR count). The van der Waals surface area contributed by atoms with Crippen LogP contribution in [0, 0.1) is 5.82 Å². The molecule has 2 aromatic rings. The molecule has 0 spiro atoms. The lowest BCUT2D eigenvalue weighted by molar-refractivity contribution is -0.140. The molecule has 0 aromatic heterocycles. The van der Waals surface area contributed by atoms with E-state index in [1.165, 1.54) is 19.2 Å². The van der Waals surface area contributed by atoms with E-state index in [0.717, 1.165) is 5.56 Å². The van der Waals surface area contributed by atoms with Crippen molar-refractivity contribution in [2.45, 2.75) is 24.5 Å². The Morgan fingerprint density at radius 3 is 2.57 bits per heavy atom. The fourth-order valence-electron chi connectivity index (χ4n) is 4.10. The summed E-state index contributed by atoms with van der Waals surface area (Å²) in [5.41, 5.74) is 1.09. The van der Waals surface area contributed by atoms with Crippen molar-refractivity contribution in [1.29, 1.82) is 0 Å². The zero-order chi connectivity index (χ0) is 20.3. The second kappa shape index (κ2) is 8.29. The summed E-state index contributed by atoms with van der Waals surface area (Å²) in [6, 6.07) is 14.4. The Labute approximate surface area is 165 Å². The largest absolute Gasteiger partial charge is 0.494 e. The molecule has 1 aliphatic heterocycles. The summed E-state index contributed by atoms with van der Waals surface area (Å²) in [7, 11) is 5.31. The van der Waals surface area contributed by atoms with Gasteiger partial charge >= 0.3 is 0 Å². The molecule has 0 radical (unpaired) electrons. The van der Waals surface area contributed by atoms with Gasteiger partial charge in [0, 0.05) is 13.1 Å². The summed E-state index contributed by atoms with van der Waals surface area (Å²) >= 11 is 0. The van der Waals surface area contributed by atoms with E-state index in [2.05, 4.69) is 0 Å². The molecule has 0 unspecified atom stereocenters. The molecular formula is C22H27FN2O3. The molecule has 1 heterocycles. The van der Waals surface area contributed by atoms with Gasteiger partial charge in [-0.1, -0.05) is 36.4 Å². The molecule has 1 fully saturated rings. The number of likely N-dealkylation sites (tertiary alicyclic amines) is 1. The molecular weight excluding hydrogens is 359 g/mol. The van der Waals surface area contributed by atoms with Crippen LogP contribution in [-0.4, -0.2) is 61.2 Å². The number of aliphatic hydroxyl groups excluding tert-OH is 1. The molecule has 2 atom stereocenters. The molecule has 28 heavy (non-hydrogen) atoms. The number of hydrogen-bond acceptors (Lipinski definition) is 4. The van der Waals surface area contributed by atoms with E-state index in [9.17, 15) is 14.3 Å². The average Bonchev–Trinajstić information content (AvgIpc) is 2.68. The third-order valence-corrected chi connectivity index (χ3v) is 5.70. The Bertz CT molecular complexity index is 828. The summed E-state index contributed by atoms with van der Waals surface area (Å²) in [5, 5.41) is 11.0. The molecule has 1 amide bonds. The smallest absolute Gasteiger partial charge is 0.227 e. The molecule has 1 N–H and O–H groups in total. The van der Waals surface area contributed by atoms with Crippen molar-refractivity contribution in [2.24, 2.45) is 0 Å². The lowest BCUT2D eigenvalue weighted by Gasteiger charge is -2.49. The summed E-state index contributed by atoms with van der Waals surface area (Å²) in [4.78, 5) is 16.4. The van der Waals surface area contributed by atoms with Gasteiger partial charge in [-0.15, -0.1) is 0 Å². The minimum atomic E-state index is -0.727. The fourth-order valence-corrected chi connectivity index (χ4v) is 4.10. The number of carbonyl (C=O) groups excluding carboxylic acids is 1. The monoisotopic (exact) mass is 386 g/mol. The van der Waals surface area contributed by atoms with Crippen molar-refractivity contribution in [3.05, 3.63) is 65.5 Å². The Morgan fingerprint density at radius 2 is 2.00 bits per heavy atom. The summed E-state index contributed by atoms with van der Waals surface area (Å²) in [6.45, 7) is 0.770. The molecule has 1 saturated heterocycles. The molecule has 6 heteroatoms. The van der Waals surface area contributed by atoms with Gasteiger partial charge in [0.15, 0.2) is 11.6 Å². The number of nitrogens with zero attached hydrogens (tertiary/aromatic N) is 2. The predicted molar refractivity (Wildman–Crippen MR) is 106 cm³/mol. The van der Waals surface area contributed by atoms with Gasteiger partial charge in [-0.3, -0.25) is 9.69 Å². The number of halogens is 1. The quantitative estimate of drug-likeness (QED) is 0.858. The van der Waals surface area contributed by atoms with Crippen LogP contribution in [0.3, 0.4) is 0 Å². The van der Waals surface area contributed by atoms with Crippen molar-refractivity contribution in [3.8, 4) is 5.75 Å². The first-order chi connectivity index (χ1) is 13.4. The molecule has 0 aliphatic carbocycles. The van der Waals surface area contributed by atoms with Gasteiger partial charge in [-0.2, -0.15) is 0 Å². The number of methoxy groups -OCH3 is 1. The minimum Gasteiger partial charge on any atom is -0.494 e. The molecule has 2 aromatic carbocycles. The third kappa shape index (κ3) is 3.75. The molecule has 150 valence electrons. The van der Waals surface area contributed by atoms with Crippen LogP contribution >= 0.6 is 0 Å². The van der Waals surface area contributed by atoms with Crippen molar-refractivity contribution >= 4 is 5.91 Å². The minimum absolute atomic E-state index is 0.0912. The van der Waals surface area contributed by atoms with Crippen LogP contribution in [0.1, 0.15) is 17.5 Å². The highest BCUT2D eigenvalue weighted by Gasteiger charge is 2.46. The van der Waals surface area contributed by atoms with E-state index in [1.54, 1.807) is 11.0 Å². The van der Waals surface area contributed by atoms with Crippen molar-refractivity contribution < 1.29 is 19.0 Å². The number of likely N-dealkylation sites (N-methyl/N-ethyl adjacent to an activating group) is 1. The van der Waals surface area contributed by atoms with Crippen LogP contribution in [0.4, 0.5) is 4.39 Å². The topological polar surface area (TPSA) is 53.0 Å². The van der Waals surface area contributed by atoms with Crippen LogP contribution in [0.15, 0.2) is 48.5 Å². The predicted octanol–water partition coefficient (Wildman–Crippen LogP) is 2.43. The highest BCUT2D eigenvalue weighted by atomic mass is 19.1. The number of β-amino-alcohol motifs (C(OH)–C–C–N with tert-alkyl or cyclic N) is 1. The van der Waals surface area contributed by atoms with Gasteiger partial charge in [0.1, 0.15) is 0 Å². The Balaban J connectivity index is 1.74. The van der Waals surface area contributed by atoms with E-state index < -0.39 is 17.5 Å². The first-order valence-electron chi connectivity index (χ1n) is 9.39. The lowest BCUT2D eigenvalue weighted by atomic mass is 9.77. The third-order valence-electron chi connectivity index (χ3n) is 5.70. The van der Waals surface area contributed by atoms with E-state index in [-0.39, 0.29) is 24.6 Å². The van der Waals surface area contributed by atoms with E-state index in [4.69, 9.17) is 4.74 Å². The molecule has 5 nitrogen and oxygen atoms in total. The van der Waals surface area contributed by atoms with Gasteiger partial charge < -0.3 is 14.7 Å². The van der Waals surface area contributed by atoms with Crippen LogP contribution in [-0.2, 0) is 16.8 Å². The normalized spacial score (nSPS) is 22.4. The Kier molecular flexibility index (Phi) is 6.01. The number of benzene rings is 2. The van der Waals surface area contributed by atoms with Gasteiger partial charge in [0.2, 0.25) is 5.91 Å². The number of piperidine rings is 1. The van der Waals surface area contributed by atoms with Crippen LogP contribution < -0.4 is 4.74 Å². The van der Waals surface area contributed by atoms with E-state index in [1.807, 2.05) is 49.3 Å². The first-order valence-corrected chi connectivity index (χ1v) is 9.39. The van der Waals surface area contributed by atoms with Crippen molar-refractivity contribution in [1.82, 2.24) is 9.80 Å². The highest BCUT2D eigenvalue weighted by molar-refractivity contribution is 5.79. The maximum atomic E-state index is 13.9. The van der Waals surface area contributed by atoms with Gasteiger partial charge in [0.05, 0.1) is 25.2 Å². The van der Waals surface area contributed by atoms with Gasteiger partial charge in [-0.05, 0) is 43.8 Å². The maximum absolute atomic E-state index is 13.9. The Hall–Kier alpha value is -2.44. The van der Waals surface area contributed by atoms with Crippen LogP contribution in [0.25, 0.3) is 0 Å². The highest BCUT2D eigenvalue weighted by Crippen LogP contribution is 2.37. The zero-order valence-electron chi connectivity index (χ0n) is 16.6. The number of aliphatic hydroxyl groups is 1. The van der Waals surface area contributed by atoms with E-state index >= 15 is 0 Å². The second-order valence-electron chi connectivity index (χ2n) is 7.44. The number of hydrogen-bond donors (Lipinski definition) is 1. The van der Waals surface area contributed by atoms with Gasteiger partial charge in [0.25, 0.3) is 0 Å². The summed E-state index contributed by atoms with van der Waals surface area (Å²) < 4.78 is 18.8. The number of carbonyl (C=O) groups is 1. The SMILES string of the molecule is COc1ccc(CC(=O)N2CC[C@@](c3ccccc3)(N(C)C)[C@H](O)C2)cc1F. The summed E-state index contributed by atoms with van der Waals surface area (Å²) in [6.07, 6.45) is -0.0165. The van der Waals surface area contributed by atoms with Crippen LogP contribution in [0.2, 0.25) is 0 Å². The Morgan fingerprint density at radius 1 is 1.29 bits per heavy atom. The fraction of sp³-hybridized carbons (Fsp3) is 0.409. The lowest BCUT2D eigenvalue weighted by Crippen LogP contribution is -2.61. The number of amides is 1. The van der Waals surface area contributed by atoms with E-state index in [0.29, 0.717) is 18.5 Å². The average molecular weight is 386 g/mol. The van der Waals surface area contributed by atoms with Crippen molar-refractivity contribution in [3.63, 3.8) is 0 Å². The maximum Gasteiger partial charge on any atom is 0.227 e. The van der Waals surface area contributed by atoms with Gasteiger partial charge in [-0.25, -0.2) is 4.39 Å². The molecule has 1 aliphatic rings. The zero-order valence-corrected chi connectivity index (χ0v) is 16.6. The molecule has 0 bridgehead atoms. The van der Waals surface area contributed by atoms with Crippen molar-refractivity contribution in [2.75, 3.05) is 34.3 Å². The van der Waals surface area contributed by atoms with Crippen LogP contribution in [0.5, 0.6) is 5.75 Å². The summed E-state index contributed by atoms with van der Waals surface area (Å²) in [5.74, 6) is -0.450. The number of ether oxygens (including phenoxy) is 1. The first kappa shape index (κ1) is 20.3. The standard InChI is InChI=1S/C22H27FN2O3/c1-24(2)22(17-7-5-4-6-8-17)11-12-25(15-20(22)26)21(27)14-16-9-10-19(28-3)18(23)13-16/h4-10,13,20,26H,11-12,14-15H2,1-3H3/t20-,22+/m1/s1. The molecule has 0 saturated carbocycles. The number of rotatable bonds is 5.